The van der Waals surface area contributed by atoms with E-state index in [9.17, 15) is 0 Å². The first-order valence-electron chi connectivity index (χ1n) is 8.87. The van der Waals surface area contributed by atoms with Gasteiger partial charge in [0.15, 0.2) is 0 Å². The fraction of sp³-hybridized carbons (Fsp3) is 1.00. The molecule has 1 heterocycles. The first-order valence-corrected chi connectivity index (χ1v) is 8.87. The summed E-state index contributed by atoms with van der Waals surface area (Å²) in [6, 6.07) is 1.54. The van der Waals surface area contributed by atoms with E-state index in [4.69, 9.17) is 0 Å². The fourth-order valence-corrected chi connectivity index (χ4v) is 4.23. The Morgan fingerprint density at radius 1 is 1.10 bits per heavy atom. The SMILES string of the molecule is CCC(C)(C)C1CCC(NC2CCN(C)CC2C)CC1. The third-order valence-electron chi connectivity index (χ3n) is 6.30. The minimum atomic E-state index is 0.547. The second kappa shape index (κ2) is 6.79. The molecule has 2 nitrogen and oxygen atoms in total. The Balaban J connectivity index is 1.77. The van der Waals surface area contributed by atoms with Gasteiger partial charge in [-0.05, 0) is 62.9 Å². The Morgan fingerprint density at radius 2 is 1.75 bits per heavy atom. The van der Waals surface area contributed by atoms with E-state index >= 15 is 0 Å². The van der Waals surface area contributed by atoms with Crippen LogP contribution >= 0.6 is 0 Å². The maximum absolute atomic E-state index is 3.99. The van der Waals surface area contributed by atoms with Gasteiger partial charge in [0.1, 0.15) is 0 Å². The zero-order chi connectivity index (χ0) is 14.8. The van der Waals surface area contributed by atoms with E-state index in [-0.39, 0.29) is 0 Å². The lowest BCUT2D eigenvalue weighted by Gasteiger charge is -2.42. The van der Waals surface area contributed by atoms with Gasteiger partial charge in [0.25, 0.3) is 0 Å². The van der Waals surface area contributed by atoms with Gasteiger partial charge in [-0.3, -0.25) is 0 Å². The van der Waals surface area contributed by atoms with Gasteiger partial charge >= 0.3 is 0 Å². The molecule has 118 valence electrons. The number of hydrogen-bond donors (Lipinski definition) is 1. The molecule has 0 radical (unpaired) electrons. The van der Waals surface area contributed by atoms with Crippen LogP contribution < -0.4 is 5.32 Å². The summed E-state index contributed by atoms with van der Waals surface area (Å²) in [5, 5.41) is 3.99. The highest BCUT2D eigenvalue weighted by atomic mass is 15.1. The average molecular weight is 280 g/mol. The van der Waals surface area contributed by atoms with Gasteiger partial charge < -0.3 is 10.2 Å². The van der Waals surface area contributed by atoms with Crippen molar-refractivity contribution in [3.63, 3.8) is 0 Å². The van der Waals surface area contributed by atoms with Crippen molar-refractivity contribution < 1.29 is 0 Å². The van der Waals surface area contributed by atoms with Crippen molar-refractivity contribution in [2.45, 2.75) is 78.3 Å². The molecule has 1 aliphatic carbocycles. The zero-order valence-electron chi connectivity index (χ0n) is 14.4. The molecule has 0 bridgehead atoms. The summed E-state index contributed by atoms with van der Waals surface area (Å²) in [5.74, 6) is 1.75. The molecule has 1 saturated carbocycles. The Hall–Kier alpha value is -0.0800. The first kappa shape index (κ1) is 16.3. The standard InChI is InChI=1S/C18H36N2/c1-6-18(3,4)15-7-9-16(10-8-15)19-17-11-12-20(5)13-14(17)2/h14-17,19H,6-13H2,1-5H3. The Kier molecular flexibility index (Phi) is 5.53. The molecule has 2 aliphatic rings. The summed E-state index contributed by atoms with van der Waals surface area (Å²) >= 11 is 0. The molecule has 2 unspecified atom stereocenters. The van der Waals surface area contributed by atoms with Crippen LogP contribution in [-0.4, -0.2) is 37.1 Å². The van der Waals surface area contributed by atoms with Crippen LogP contribution in [0.15, 0.2) is 0 Å². The summed E-state index contributed by atoms with van der Waals surface area (Å²) in [5.41, 5.74) is 0.547. The van der Waals surface area contributed by atoms with Gasteiger partial charge in [0.05, 0.1) is 0 Å². The van der Waals surface area contributed by atoms with Crippen molar-refractivity contribution in [1.82, 2.24) is 10.2 Å². The normalized spacial score (nSPS) is 37.0. The number of nitrogens with zero attached hydrogens (tertiary/aromatic N) is 1. The maximum Gasteiger partial charge on any atom is 0.0120 e. The zero-order valence-corrected chi connectivity index (χ0v) is 14.4. The van der Waals surface area contributed by atoms with E-state index in [1.807, 2.05) is 0 Å². The maximum atomic E-state index is 3.99. The van der Waals surface area contributed by atoms with Crippen molar-refractivity contribution in [1.29, 1.82) is 0 Å². The monoisotopic (exact) mass is 280 g/mol. The molecular formula is C18H36N2. The minimum Gasteiger partial charge on any atom is -0.311 e. The molecule has 2 heteroatoms. The lowest BCUT2D eigenvalue weighted by Crippen LogP contribution is -2.51. The van der Waals surface area contributed by atoms with E-state index < -0.39 is 0 Å². The molecule has 2 fully saturated rings. The summed E-state index contributed by atoms with van der Waals surface area (Å²) in [4.78, 5) is 2.48. The van der Waals surface area contributed by atoms with E-state index in [2.05, 4.69) is 45.0 Å². The molecule has 1 saturated heterocycles. The van der Waals surface area contributed by atoms with E-state index in [1.165, 1.54) is 51.6 Å². The number of rotatable bonds is 4. The lowest BCUT2D eigenvalue weighted by molar-refractivity contribution is 0.116. The number of hydrogen-bond acceptors (Lipinski definition) is 2. The van der Waals surface area contributed by atoms with E-state index in [0.717, 1.165) is 23.9 Å². The number of nitrogens with one attached hydrogen (secondary N) is 1. The molecular weight excluding hydrogens is 244 g/mol. The summed E-state index contributed by atoms with van der Waals surface area (Å²) < 4.78 is 0. The van der Waals surface area contributed by atoms with Crippen LogP contribution in [0.25, 0.3) is 0 Å². The molecule has 2 atom stereocenters. The molecule has 20 heavy (non-hydrogen) atoms. The van der Waals surface area contributed by atoms with Crippen molar-refractivity contribution in [3.8, 4) is 0 Å². The molecule has 0 aromatic rings. The molecule has 0 amide bonds. The molecule has 0 aromatic carbocycles. The predicted molar refractivity (Wildman–Crippen MR) is 88.0 cm³/mol. The summed E-state index contributed by atoms with van der Waals surface area (Å²) in [7, 11) is 2.25. The van der Waals surface area contributed by atoms with Gasteiger partial charge in [-0.1, -0.05) is 34.1 Å². The average Bonchev–Trinajstić information content (AvgIpc) is 2.42. The van der Waals surface area contributed by atoms with Crippen molar-refractivity contribution in [3.05, 3.63) is 0 Å². The van der Waals surface area contributed by atoms with Gasteiger partial charge in [-0.25, -0.2) is 0 Å². The Labute approximate surface area is 126 Å². The first-order chi connectivity index (χ1) is 9.42. The number of piperidine rings is 1. The van der Waals surface area contributed by atoms with E-state index in [0.29, 0.717) is 5.41 Å². The minimum absolute atomic E-state index is 0.547. The molecule has 1 N–H and O–H groups in total. The van der Waals surface area contributed by atoms with Gasteiger partial charge in [0.2, 0.25) is 0 Å². The summed E-state index contributed by atoms with van der Waals surface area (Å²) in [6.45, 7) is 12.2. The molecule has 0 spiro atoms. The van der Waals surface area contributed by atoms with Crippen LogP contribution in [0.5, 0.6) is 0 Å². The lowest BCUT2D eigenvalue weighted by atomic mass is 9.69. The second-order valence-corrected chi connectivity index (χ2v) is 8.19. The highest BCUT2D eigenvalue weighted by molar-refractivity contribution is 4.89. The smallest absolute Gasteiger partial charge is 0.0120 e. The van der Waals surface area contributed by atoms with Crippen molar-refractivity contribution >= 4 is 0 Å². The second-order valence-electron chi connectivity index (χ2n) is 8.19. The van der Waals surface area contributed by atoms with Crippen LogP contribution in [0.3, 0.4) is 0 Å². The highest BCUT2D eigenvalue weighted by Crippen LogP contribution is 2.40. The highest BCUT2D eigenvalue weighted by Gasteiger charge is 2.33. The van der Waals surface area contributed by atoms with Crippen LogP contribution in [0.2, 0.25) is 0 Å². The van der Waals surface area contributed by atoms with Crippen LogP contribution in [0.4, 0.5) is 0 Å². The third kappa shape index (κ3) is 3.98. The van der Waals surface area contributed by atoms with Crippen LogP contribution in [0, 0.1) is 17.3 Å². The largest absolute Gasteiger partial charge is 0.311 e. The van der Waals surface area contributed by atoms with Gasteiger partial charge in [-0.15, -0.1) is 0 Å². The van der Waals surface area contributed by atoms with Crippen LogP contribution in [-0.2, 0) is 0 Å². The van der Waals surface area contributed by atoms with E-state index in [1.54, 1.807) is 0 Å². The van der Waals surface area contributed by atoms with Crippen LogP contribution in [0.1, 0.15) is 66.2 Å². The fourth-order valence-electron chi connectivity index (χ4n) is 4.23. The molecule has 2 rings (SSSR count). The summed E-state index contributed by atoms with van der Waals surface area (Å²) in [6.07, 6.45) is 8.30. The molecule has 0 aromatic heterocycles. The van der Waals surface area contributed by atoms with Crippen molar-refractivity contribution in [2.75, 3.05) is 20.1 Å². The number of likely N-dealkylation sites (tertiary alicyclic amines) is 1. The quantitative estimate of drug-likeness (QED) is 0.840. The molecule has 1 aliphatic heterocycles. The Morgan fingerprint density at radius 3 is 2.30 bits per heavy atom. The van der Waals surface area contributed by atoms with Gasteiger partial charge in [0, 0.05) is 18.6 Å². The Bertz CT molecular complexity index is 292. The van der Waals surface area contributed by atoms with Crippen molar-refractivity contribution in [2.24, 2.45) is 17.3 Å². The topological polar surface area (TPSA) is 15.3 Å². The van der Waals surface area contributed by atoms with Gasteiger partial charge in [-0.2, -0.15) is 0 Å². The third-order valence-corrected chi connectivity index (χ3v) is 6.30. The predicted octanol–water partition coefficient (Wildman–Crippen LogP) is 3.91.